The number of nitrogens with zero attached hydrogens (tertiary/aromatic N) is 2. The number of nitrogens with one attached hydrogen (secondary N) is 2. The Hall–Kier alpha value is -2.32. The molecule has 2 aromatic rings. The van der Waals surface area contributed by atoms with Gasteiger partial charge in [0, 0.05) is 24.5 Å². The average molecular weight is 242 g/mol. The highest BCUT2D eigenvalue weighted by Crippen LogP contribution is 2.17. The average Bonchev–Trinajstić information content (AvgIpc) is 2.91. The molecule has 5 nitrogen and oxygen atoms in total. The van der Waals surface area contributed by atoms with Crippen LogP contribution in [0.4, 0.5) is 0 Å². The second kappa shape index (κ2) is 6.42. The van der Waals surface area contributed by atoms with E-state index in [0.29, 0.717) is 13.1 Å². The Morgan fingerprint density at radius 3 is 3.00 bits per heavy atom. The maximum Gasteiger partial charge on any atom is 0.174 e. The third-order valence-electron chi connectivity index (χ3n) is 2.43. The molecule has 0 aliphatic rings. The second-order valence-corrected chi connectivity index (χ2v) is 3.69. The van der Waals surface area contributed by atoms with Crippen molar-refractivity contribution in [1.29, 1.82) is 5.26 Å². The number of rotatable bonds is 6. The van der Waals surface area contributed by atoms with E-state index in [1.165, 1.54) is 0 Å². The van der Waals surface area contributed by atoms with Gasteiger partial charge in [-0.15, -0.1) is 0 Å². The van der Waals surface area contributed by atoms with Gasteiger partial charge in [-0.3, -0.25) is 0 Å². The van der Waals surface area contributed by atoms with Gasteiger partial charge in [-0.05, 0) is 6.07 Å². The number of hydrogen-bond acceptors (Lipinski definition) is 4. The van der Waals surface area contributed by atoms with Crippen molar-refractivity contribution in [3.05, 3.63) is 48.0 Å². The first-order valence-electron chi connectivity index (χ1n) is 5.67. The molecule has 0 amide bonds. The first-order chi connectivity index (χ1) is 8.90. The lowest BCUT2D eigenvalue weighted by molar-refractivity contribution is 0.362. The molecule has 18 heavy (non-hydrogen) atoms. The van der Waals surface area contributed by atoms with E-state index in [1.54, 1.807) is 12.4 Å². The summed E-state index contributed by atoms with van der Waals surface area (Å²) < 4.78 is 5.35. The van der Waals surface area contributed by atoms with Crippen LogP contribution in [0.1, 0.15) is 11.4 Å². The predicted molar refractivity (Wildman–Crippen MR) is 66.7 cm³/mol. The van der Waals surface area contributed by atoms with Crippen molar-refractivity contribution >= 4 is 0 Å². The molecule has 92 valence electrons. The fourth-order valence-corrected chi connectivity index (χ4v) is 1.61. The van der Waals surface area contributed by atoms with Gasteiger partial charge in [0.25, 0.3) is 0 Å². The number of H-pyrrole nitrogens is 1. The van der Waals surface area contributed by atoms with Gasteiger partial charge in [-0.2, -0.15) is 5.26 Å². The second-order valence-electron chi connectivity index (χ2n) is 3.69. The maximum atomic E-state index is 8.52. The molecular formula is C13H14N4O. The lowest BCUT2D eigenvalue weighted by Gasteiger charge is -2.09. The number of nitriles is 1. The SMILES string of the molecule is N#CCOc1ccccc1CNCc1ncc[nH]1. The largest absolute Gasteiger partial charge is 0.478 e. The molecule has 0 atom stereocenters. The minimum atomic E-state index is 0.0647. The zero-order valence-electron chi connectivity index (χ0n) is 9.89. The lowest BCUT2D eigenvalue weighted by atomic mass is 10.2. The van der Waals surface area contributed by atoms with E-state index in [9.17, 15) is 0 Å². The fraction of sp³-hybridized carbons (Fsp3) is 0.231. The third kappa shape index (κ3) is 3.34. The molecule has 5 heteroatoms. The van der Waals surface area contributed by atoms with Gasteiger partial charge in [0.1, 0.15) is 17.6 Å². The first-order valence-corrected chi connectivity index (χ1v) is 5.67. The predicted octanol–water partition coefficient (Wildman–Crippen LogP) is 1.60. The van der Waals surface area contributed by atoms with E-state index >= 15 is 0 Å². The van der Waals surface area contributed by atoms with Crippen molar-refractivity contribution in [2.45, 2.75) is 13.1 Å². The Morgan fingerprint density at radius 2 is 2.22 bits per heavy atom. The Bertz CT molecular complexity index is 516. The summed E-state index contributed by atoms with van der Waals surface area (Å²) >= 11 is 0. The molecule has 0 aliphatic carbocycles. The molecule has 1 heterocycles. The van der Waals surface area contributed by atoms with E-state index in [0.717, 1.165) is 17.1 Å². The molecule has 0 saturated carbocycles. The molecule has 0 saturated heterocycles. The zero-order chi connectivity index (χ0) is 12.6. The van der Waals surface area contributed by atoms with Crippen LogP contribution < -0.4 is 10.1 Å². The standard InChI is InChI=1S/C13H14N4O/c14-5-8-18-12-4-2-1-3-11(12)9-15-10-13-16-6-7-17-13/h1-4,6-7,15H,8-10H2,(H,16,17). The third-order valence-corrected chi connectivity index (χ3v) is 2.43. The van der Waals surface area contributed by atoms with Gasteiger partial charge >= 0.3 is 0 Å². The fourth-order valence-electron chi connectivity index (χ4n) is 1.61. The summed E-state index contributed by atoms with van der Waals surface area (Å²) in [5.41, 5.74) is 1.03. The number of aromatic amines is 1. The van der Waals surface area contributed by atoms with Crippen LogP contribution in [0.3, 0.4) is 0 Å². The van der Waals surface area contributed by atoms with Crippen LogP contribution in [0, 0.1) is 11.3 Å². The van der Waals surface area contributed by atoms with Gasteiger partial charge in [0.15, 0.2) is 6.61 Å². The topological polar surface area (TPSA) is 73.7 Å². The normalized spacial score (nSPS) is 9.94. The van der Waals surface area contributed by atoms with Crippen LogP contribution in [0.15, 0.2) is 36.7 Å². The lowest BCUT2D eigenvalue weighted by Crippen LogP contribution is -2.14. The molecule has 0 unspecified atom stereocenters. The van der Waals surface area contributed by atoms with Crippen molar-refractivity contribution in [1.82, 2.24) is 15.3 Å². The number of hydrogen-bond donors (Lipinski definition) is 2. The molecule has 1 aromatic heterocycles. The van der Waals surface area contributed by atoms with Crippen LogP contribution in [0.2, 0.25) is 0 Å². The van der Waals surface area contributed by atoms with Crippen LogP contribution >= 0.6 is 0 Å². The summed E-state index contributed by atoms with van der Waals surface area (Å²) in [4.78, 5) is 7.15. The molecule has 0 spiro atoms. The molecule has 1 aromatic carbocycles. The van der Waals surface area contributed by atoms with Gasteiger partial charge in [-0.1, -0.05) is 18.2 Å². The summed E-state index contributed by atoms with van der Waals surface area (Å²) in [6, 6.07) is 9.64. The zero-order valence-corrected chi connectivity index (χ0v) is 9.89. The Labute approximate surface area is 105 Å². The molecule has 2 rings (SSSR count). The summed E-state index contributed by atoms with van der Waals surface area (Å²) in [7, 11) is 0. The van der Waals surface area contributed by atoms with Gasteiger partial charge in [-0.25, -0.2) is 4.98 Å². The van der Waals surface area contributed by atoms with E-state index in [4.69, 9.17) is 10.00 Å². The number of para-hydroxylation sites is 1. The van der Waals surface area contributed by atoms with E-state index < -0.39 is 0 Å². The minimum absolute atomic E-state index is 0.0647. The molecule has 0 fully saturated rings. The quantitative estimate of drug-likeness (QED) is 0.807. The summed E-state index contributed by atoms with van der Waals surface area (Å²) in [5.74, 6) is 1.64. The van der Waals surface area contributed by atoms with Gasteiger partial charge in [0.05, 0.1) is 6.54 Å². The molecular weight excluding hydrogens is 228 g/mol. The highest BCUT2D eigenvalue weighted by Gasteiger charge is 2.02. The highest BCUT2D eigenvalue weighted by molar-refractivity contribution is 5.33. The Kier molecular flexibility index (Phi) is 4.33. The summed E-state index contributed by atoms with van der Waals surface area (Å²) in [6.07, 6.45) is 3.52. The summed E-state index contributed by atoms with van der Waals surface area (Å²) in [6.45, 7) is 1.40. The summed E-state index contributed by atoms with van der Waals surface area (Å²) in [5, 5.41) is 11.8. The minimum Gasteiger partial charge on any atom is -0.478 e. The van der Waals surface area contributed by atoms with Crippen molar-refractivity contribution in [3.63, 3.8) is 0 Å². The van der Waals surface area contributed by atoms with E-state index in [-0.39, 0.29) is 6.61 Å². The first kappa shape index (κ1) is 12.1. The molecule has 0 radical (unpaired) electrons. The van der Waals surface area contributed by atoms with Crippen LogP contribution in [0.5, 0.6) is 5.75 Å². The van der Waals surface area contributed by atoms with Crippen molar-refractivity contribution in [3.8, 4) is 11.8 Å². The van der Waals surface area contributed by atoms with Gasteiger partial charge < -0.3 is 15.0 Å². The number of aromatic nitrogens is 2. The van der Waals surface area contributed by atoms with Crippen molar-refractivity contribution in [2.75, 3.05) is 6.61 Å². The van der Waals surface area contributed by atoms with Crippen LogP contribution in [0.25, 0.3) is 0 Å². The van der Waals surface area contributed by atoms with E-state index in [2.05, 4.69) is 15.3 Å². The van der Waals surface area contributed by atoms with Gasteiger partial charge in [0.2, 0.25) is 0 Å². The van der Waals surface area contributed by atoms with Crippen molar-refractivity contribution in [2.24, 2.45) is 0 Å². The van der Waals surface area contributed by atoms with Crippen LogP contribution in [-0.4, -0.2) is 16.6 Å². The monoisotopic (exact) mass is 242 g/mol. The Balaban J connectivity index is 1.90. The smallest absolute Gasteiger partial charge is 0.174 e. The molecule has 0 bridgehead atoms. The molecule has 2 N–H and O–H groups in total. The van der Waals surface area contributed by atoms with Crippen molar-refractivity contribution < 1.29 is 4.74 Å². The Morgan fingerprint density at radius 1 is 1.33 bits per heavy atom. The number of ether oxygens (including phenoxy) is 1. The van der Waals surface area contributed by atoms with E-state index in [1.807, 2.05) is 30.3 Å². The molecule has 0 aliphatic heterocycles. The number of imidazole rings is 1. The highest BCUT2D eigenvalue weighted by atomic mass is 16.5. The van der Waals surface area contributed by atoms with Crippen LogP contribution in [-0.2, 0) is 13.1 Å². The number of benzene rings is 1. The maximum absolute atomic E-state index is 8.52.